The molecule has 0 saturated carbocycles. The third-order valence-electron chi connectivity index (χ3n) is 5.67. The number of pyridine rings is 1. The summed E-state index contributed by atoms with van der Waals surface area (Å²) in [6, 6.07) is 10.9. The number of likely N-dealkylation sites (tertiary alicyclic amines) is 1. The zero-order valence-electron chi connectivity index (χ0n) is 17.0. The highest BCUT2D eigenvalue weighted by Gasteiger charge is 2.28. The van der Waals surface area contributed by atoms with Crippen molar-refractivity contribution >= 4 is 23.5 Å². The SMILES string of the molecule is O=C(NCc1cccnc1N1CCCCC1)c1ccc(CN2C(=O)CCC2=O)cc1. The largest absolute Gasteiger partial charge is 0.356 e. The number of nitrogens with zero attached hydrogens (tertiary/aromatic N) is 3. The van der Waals surface area contributed by atoms with Crippen LogP contribution in [-0.2, 0) is 22.7 Å². The number of hydrogen-bond acceptors (Lipinski definition) is 5. The Balaban J connectivity index is 1.37. The van der Waals surface area contributed by atoms with Crippen LogP contribution in [-0.4, -0.2) is 40.7 Å². The number of anilines is 1. The first-order valence-corrected chi connectivity index (χ1v) is 10.5. The molecule has 1 N–H and O–H groups in total. The fourth-order valence-corrected chi connectivity index (χ4v) is 3.98. The van der Waals surface area contributed by atoms with E-state index < -0.39 is 0 Å². The van der Waals surface area contributed by atoms with Gasteiger partial charge in [-0.25, -0.2) is 4.98 Å². The lowest BCUT2D eigenvalue weighted by Gasteiger charge is -2.29. The maximum atomic E-state index is 12.6. The van der Waals surface area contributed by atoms with E-state index in [0.29, 0.717) is 12.1 Å². The Hall–Kier alpha value is -3.22. The molecule has 7 heteroatoms. The number of carbonyl (C=O) groups excluding carboxylic acids is 3. The standard InChI is InChI=1S/C23H26N4O3/c28-20-10-11-21(29)27(20)16-17-6-8-18(9-7-17)23(30)25-15-19-5-4-12-24-22(19)26-13-2-1-3-14-26/h4-9,12H,1-3,10-11,13-16H2,(H,25,30). The quantitative estimate of drug-likeness (QED) is 0.746. The number of piperidine rings is 1. The van der Waals surface area contributed by atoms with Gasteiger partial charge in [-0.2, -0.15) is 0 Å². The van der Waals surface area contributed by atoms with Crippen molar-refractivity contribution in [3.8, 4) is 0 Å². The molecule has 0 spiro atoms. The molecule has 3 heterocycles. The summed E-state index contributed by atoms with van der Waals surface area (Å²) < 4.78 is 0. The predicted octanol–water partition coefficient (Wildman–Crippen LogP) is 2.65. The molecule has 1 aromatic carbocycles. The van der Waals surface area contributed by atoms with Gasteiger partial charge in [-0.1, -0.05) is 18.2 Å². The number of benzene rings is 1. The maximum Gasteiger partial charge on any atom is 0.251 e. The molecule has 2 aromatic rings. The molecular formula is C23H26N4O3. The molecule has 7 nitrogen and oxygen atoms in total. The summed E-state index contributed by atoms with van der Waals surface area (Å²) in [7, 11) is 0. The van der Waals surface area contributed by atoms with Crippen LogP contribution in [0.2, 0.25) is 0 Å². The fourth-order valence-electron chi connectivity index (χ4n) is 3.98. The van der Waals surface area contributed by atoms with Crippen LogP contribution < -0.4 is 10.2 Å². The molecule has 2 fully saturated rings. The summed E-state index contributed by atoms with van der Waals surface area (Å²) in [4.78, 5) is 44.2. The normalized spacial score (nSPS) is 16.8. The first-order valence-electron chi connectivity index (χ1n) is 10.5. The Kier molecular flexibility index (Phi) is 6.07. The highest BCUT2D eigenvalue weighted by Crippen LogP contribution is 2.22. The minimum Gasteiger partial charge on any atom is -0.356 e. The van der Waals surface area contributed by atoms with Crippen LogP contribution >= 0.6 is 0 Å². The smallest absolute Gasteiger partial charge is 0.251 e. The van der Waals surface area contributed by atoms with Gasteiger partial charge in [0.2, 0.25) is 11.8 Å². The number of nitrogens with one attached hydrogen (secondary N) is 1. The summed E-state index contributed by atoms with van der Waals surface area (Å²) in [5.74, 6) is 0.515. The topological polar surface area (TPSA) is 82.6 Å². The van der Waals surface area contributed by atoms with E-state index in [-0.39, 0.29) is 37.1 Å². The van der Waals surface area contributed by atoms with Crippen LogP contribution in [0.5, 0.6) is 0 Å². The van der Waals surface area contributed by atoms with E-state index in [4.69, 9.17) is 0 Å². The molecule has 0 aliphatic carbocycles. The van der Waals surface area contributed by atoms with E-state index in [9.17, 15) is 14.4 Å². The van der Waals surface area contributed by atoms with E-state index in [2.05, 4.69) is 15.2 Å². The van der Waals surface area contributed by atoms with Crippen molar-refractivity contribution in [2.24, 2.45) is 0 Å². The number of hydrogen-bond donors (Lipinski definition) is 1. The van der Waals surface area contributed by atoms with Gasteiger partial charge in [0.05, 0.1) is 6.54 Å². The zero-order valence-corrected chi connectivity index (χ0v) is 17.0. The van der Waals surface area contributed by atoms with Crippen LogP contribution in [0.4, 0.5) is 5.82 Å². The second-order valence-corrected chi connectivity index (χ2v) is 7.79. The van der Waals surface area contributed by atoms with E-state index in [1.54, 1.807) is 30.5 Å². The maximum absolute atomic E-state index is 12.6. The van der Waals surface area contributed by atoms with Gasteiger partial charge in [0, 0.05) is 49.8 Å². The molecule has 2 saturated heterocycles. The lowest BCUT2D eigenvalue weighted by Crippen LogP contribution is -2.32. The predicted molar refractivity (Wildman–Crippen MR) is 113 cm³/mol. The van der Waals surface area contributed by atoms with Crippen molar-refractivity contribution in [1.29, 1.82) is 0 Å². The van der Waals surface area contributed by atoms with E-state index in [0.717, 1.165) is 30.0 Å². The zero-order chi connectivity index (χ0) is 20.9. The van der Waals surface area contributed by atoms with Gasteiger partial charge in [-0.15, -0.1) is 0 Å². The molecule has 4 rings (SSSR count). The van der Waals surface area contributed by atoms with Crippen molar-refractivity contribution < 1.29 is 14.4 Å². The Morgan fingerprint density at radius 2 is 1.67 bits per heavy atom. The first kappa shape index (κ1) is 20.1. The van der Waals surface area contributed by atoms with Crippen molar-refractivity contribution in [3.05, 3.63) is 59.3 Å². The van der Waals surface area contributed by atoms with Gasteiger partial charge >= 0.3 is 0 Å². The monoisotopic (exact) mass is 406 g/mol. The Morgan fingerprint density at radius 1 is 0.967 bits per heavy atom. The molecule has 0 unspecified atom stereocenters. The lowest BCUT2D eigenvalue weighted by atomic mass is 10.1. The van der Waals surface area contributed by atoms with Crippen LogP contribution in [0.15, 0.2) is 42.6 Å². The average molecular weight is 406 g/mol. The molecule has 3 amide bonds. The van der Waals surface area contributed by atoms with Gasteiger partial charge in [0.1, 0.15) is 5.82 Å². The molecule has 0 atom stereocenters. The minimum atomic E-state index is -0.164. The molecule has 2 aliphatic rings. The number of aromatic nitrogens is 1. The highest BCUT2D eigenvalue weighted by molar-refractivity contribution is 6.01. The number of imide groups is 1. The van der Waals surface area contributed by atoms with E-state index >= 15 is 0 Å². The Morgan fingerprint density at radius 3 is 2.37 bits per heavy atom. The molecule has 30 heavy (non-hydrogen) atoms. The lowest BCUT2D eigenvalue weighted by molar-refractivity contribution is -0.139. The summed E-state index contributed by atoms with van der Waals surface area (Å²) in [6.07, 6.45) is 5.96. The second-order valence-electron chi connectivity index (χ2n) is 7.79. The minimum absolute atomic E-state index is 0.136. The number of rotatable bonds is 6. The molecular weight excluding hydrogens is 380 g/mol. The Bertz CT molecular complexity index is 920. The van der Waals surface area contributed by atoms with E-state index in [1.165, 1.54) is 24.2 Å². The highest BCUT2D eigenvalue weighted by atomic mass is 16.2. The molecule has 156 valence electrons. The van der Waals surface area contributed by atoms with Gasteiger partial charge in [0.25, 0.3) is 5.91 Å². The third kappa shape index (κ3) is 4.50. The van der Waals surface area contributed by atoms with Gasteiger partial charge < -0.3 is 10.2 Å². The number of amides is 3. The fraction of sp³-hybridized carbons (Fsp3) is 0.391. The van der Waals surface area contributed by atoms with Crippen LogP contribution in [0.25, 0.3) is 0 Å². The number of carbonyl (C=O) groups is 3. The van der Waals surface area contributed by atoms with Crippen LogP contribution in [0.3, 0.4) is 0 Å². The van der Waals surface area contributed by atoms with E-state index in [1.807, 2.05) is 12.1 Å². The van der Waals surface area contributed by atoms with Crippen LogP contribution in [0, 0.1) is 0 Å². The van der Waals surface area contributed by atoms with Gasteiger partial charge in [0.15, 0.2) is 0 Å². The summed E-state index contributed by atoms with van der Waals surface area (Å²) in [5.41, 5.74) is 2.38. The summed E-state index contributed by atoms with van der Waals surface area (Å²) in [5, 5.41) is 2.98. The van der Waals surface area contributed by atoms with Crippen molar-refractivity contribution in [2.75, 3.05) is 18.0 Å². The van der Waals surface area contributed by atoms with Crippen molar-refractivity contribution in [2.45, 2.75) is 45.2 Å². The molecule has 1 aromatic heterocycles. The molecule has 0 bridgehead atoms. The summed E-state index contributed by atoms with van der Waals surface area (Å²) >= 11 is 0. The molecule has 0 radical (unpaired) electrons. The van der Waals surface area contributed by atoms with Crippen molar-refractivity contribution in [3.63, 3.8) is 0 Å². The second kappa shape index (κ2) is 9.07. The average Bonchev–Trinajstić information content (AvgIpc) is 3.11. The van der Waals surface area contributed by atoms with Crippen molar-refractivity contribution in [1.82, 2.24) is 15.2 Å². The van der Waals surface area contributed by atoms with Gasteiger partial charge in [-0.3, -0.25) is 19.3 Å². The van der Waals surface area contributed by atoms with Gasteiger partial charge in [-0.05, 0) is 43.0 Å². The first-order chi connectivity index (χ1) is 14.6. The third-order valence-corrected chi connectivity index (χ3v) is 5.67. The molecule has 2 aliphatic heterocycles. The van der Waals surface area contributed by atoms with Crippen LogP contribution in [0.1, 0.15) is 53.6 Å². The summed E-state index contributed by atoms with van der Waals surface area (Å²) in [6.45, 7) is 2.67. The Labute approximate surface area is 176 Å².